The van der Waals surface area contributed by atoms with E-state index in [1.54, 1.807) is 0 Å². The first kappa shape index (κ1) is 13.4. The van der Waals surface area contributed by atoms with Gasteiger partial charge in [-0.3, -0.25) is 4.79 Å². The van der Waals surface area contributed by atoms with Gasteiger partial charge in [0.15, 0.2) is 0 Å². The average Bonchev–Trinajstić information content (AvgIpc) is 2.69. The maximum atomic E-state index is 12.2. The molecule has 2 nitrogen and oxygen atoms in total. The quantitative estimate of drug-likeness (QED) is 0.829. The molecule has 18 heavy (non-hydrogen) atoms. The summed E-state index contributed by atoms with van der Waals surface area (Å²) in [6.45, 7) is 4.44. The summed E-state index contributed by atoms with van der Waals surface area (Å²) in [5, 5.41) is 3.15. The number of hydrogen-bond donors (Lipinski definition) is 1. The van der Waals surface area contributed by atoms with Crippen LogP contribution in [0.2, 0.25) is 0 Å². The summed E-state index contributed by atoms with van der Waals surface area (Å²) >= 11 is 5.79. The van der Waals surface area contributed by atoms with Crippen LogP contribution in [0.3, 0.4) is 0 Å². The van der Waals surface area contributed by atoms with Gasteiger partial charge >= 0.3 is 0 Å². The molecule has 1 aromatic carbocycles. The molecule has 1 N–H and O–H groups in total. The molecule has 1 fully saturated rings. The molecule has 0 spiro atoms. The third-order valence-electron chi connectivity index (χ3n) is 3.91. The number of nitrogens with one attached hydrogen (secondary N) is 1. The van der Waals surface area contributed by atoms with Gasteiger partial charge < -0.3 is 5.32 Å². The smallest absolute Gasteiger partial charge is 0.251 e. The van der Waals surface area contributed by atoms with E-state index in [4.69, 9.17) is 11.6 Å². The zero-order chi connectivity index (χ0) is 13.2. The fourth-order valence-corrected chi connectivity index (χ4v) is 2.80. The van der Waals surface area contributed by atoms with Gasteiger partial charge in [-0.15, -0.1) is 11.6 Å². The Morgan fingerprint density at radius 1 is 1.50 bits per heavy atom. The summed E-state index contributed by atoms with van der Waals surface area (Å²) in [5.74, 6) is 0.456. The molecule has 3 heteroatoms. The Labute approximate surface area is 114 Å². The number of carbonyl (C=O) groups is 1. The molecule has 1 aliphatic rings. The highest BCUT2D eigenvalue weighted by atomic mass is 35.5. The van der Waals surface area contributed by atoms with Crippen LogP contribution in [0, 0.1) is 5.41 Å². The van der Waals surface area contributed by atoms with Crippen LogP contribution < -0.4 is 5.32 Å². The van der Waals surface area contributed by atoms with Crippen LogP contribution in [-0.2, 0) is 5.88 Å². The summed E-state index contributed by atoms with van der Waals surface area (Å²) < 4.78 is 0. The first-order valence-corrected chi connectivity index (χ1v) is 7.02. The Morgan fingerprint density at radius 2 is 2.28 bits per heavy atom. The summed E-state index contributed by atoms with van der Waals surface area (Å²) in [4.78, 5) is 12.2. The van der Waals surface area contributed by atoms with Crippen LogP contribution in [0.4, 0.5) is 0 Å². The van der Waals surface area contributed by atoms with E-state index >= 15 is 0 Å². The number of benzene rings is 1. The molecule has 1 atom stereocenters. The first-order valence-electron chi connectivity index (χ1n) is 6.49. The van der Waals surface area contributed by atoms with E-state index in [9.17, 15) is 4.79 Å². The van der Waals surface area contributed by atoms with Crippen molar-refractivity contribution in [1.82, 2.24) is 5.32 Å². The van der Waals surface area contributed by atoms with Crippen molar-refractivity contribution in [2.45, 2.75) is 45.0 Å². The molecule has 1 amide bonds. The van der Waals surface area contributed by atoms with Crippen molar-refractivity contribution >= 4 is 17.5 Å². The molecule has 0 aromatic heterocycles. The highest BCUT2D eigenvalue weighted by Crippen LogP contribution is 2.37. The summed E-state index contributed by atoms with van der Waals surface area (Å²) in [5.41, 5.74) is 1.89. The Balaban J connectivity index is 2.07. The molecular weight excluding hydrogens is 246 g/mol. The molecule has 2 rings (SSSR count). The predicted molar refractivity (Wildman–Crippen MR) is 74.9 cm³/mol. The van der Waals surface area contributed by atoms with E-state index in [0.29, 0.717) is 11.4 Å². The van der Waals surface area contributed by atoms with E-state index in [0.717, 1.165) is 12.0 Å². The fraction of sp³-hybridized carbons (Fsp3) is 0.533. The second kappa shape index (κ2) is 5.31. The standard InChI is InChI=1S/C15H20ClNO/c1-15(2)8-4-7-13(15)17-14(18)12-6-3-5-11(9-12)10-16/h3,5-6,9,13H,4,7-8,10H2,1-2H3,(H,17,18). The van der Waals surface area contributed by atoms with Gasteiger partial charge in [0.05, 0.1) is 0 Å². The molecule has 0 heterocycles. The molecule has 0 bridgehead atoms. The van der Waals surface area contributed by atoms with E-state index in [-0.39, 0.29) is 17.4 Å². The van der Waals surface area contributed by atoms with Gasteiger partial charge in [0.1, 0.15) is 0 Å². The van der Waals surface area contributed by atoms with Gasteiger partial charge in [-0.1, -0.05) is 32.4 Å². The Kier molecular flexibility index (Phi) is 3.96. The van der Waals surface area contributed by atoms with Crippen LogP contribution in [0.5, 0.6) is 0 Å². The monoisotopic (exact) mass is 265 g/mol. The lowest BCUT2D eigenvalue weighted by Crippen LogP contribution is -2.41. The third kappa shape index (κ3) is 2.86. The normalized spacial score (nSPS) is 21.8. The minimum absolute atomic E-state index is 0.0157. The fourth-order valence-electron chi connectivity index (χ4n) is 2.63. The summed E-state index contributed by atoms with van der Waals surface area (Å²) in [6.07, 6.45) is 3.45. The third-order valence-corrected chi connectivity index (χ3v) is 4.21. The van der Waals surface area contributed by atoms with Crippen molar-refractivity contribution in [1.29, 1.82) is 0 Å². The van der Waals surface area contributed by atoms with E-state index in [1.807, 2.05) is 24.3 Å². The number of halogens is 1. The minimum atomic E-state index is 0.0157. The highest BCUT2D eigenvalue weighted by Gasteiger charge is 2.35. The molecule has 98 valence electrons. The number of amides is 1. The van der Waals surface area contributed by atoms with Crippen LogP contribution in [-0.4, -0.2) is 11.9 Å². The summed E-state index contributed by atoms with van der Waals surface area (Å²) in [6, 6.07) is 7.80. The van der Waals surface area contributed by atoms with Crippen molar-refractivity contribution in [3.8, 4) is 0 Å². The van der Waals surface area contributed by atoms with Gasteiger partial charge in [0.25, 0.3) is 5.91 Å². The van der Waals surface area contributed by atoms with Crippen LogP contribution >= 0.6 is 11.6 Å². The SMILES string of the molecule is CC1(C)CCCC1NC(=O)c1cccc(CCl)c1. The molecule has 1 unspecified atom stereocenters. The van der Waals surface area contributed by atoms with Gasteiger partial charge in [-0.05, 0) is 36.0 Å². The second-order valence-corrected chi connectivity index (χ2v) is 6.01. The molecule has 1 aromatic rings. The lowest BCUT2D eigenvalue weighted by molar-refractivity contribution is 0.0910. The predicted octanol–water partition coefficient (Wildman–Crippen LogP) is 3.73. The molecule has 1 saturated carbocycles. The highest BCUT2D eigenvalue weighted by molar-refractivity contribution is 6.17. The number of rotatable bonds is 3. The minimum Gasteiger partial charge on any atom is -0.349 e. The lowest BCUT2D eigenvalue weighted by Gasteiger charge is -2.27. The first-order chi connectivity index (χ1) is 8.53. The topological polar surface area (TPSA) is 29.1 Å². The largest absolute Gasteiger partial charge is 0.349 e. The maximum Gasteiger partial charge on any atom is 0.251 e. The number of alkyl halides is 1. The van der Waals surface area contributed by atoms with Crippen molar-refractivity contribution in [2.75, 3.05) is 0 Å². The van der Waals surface area contributed by atoms with Gasteiger partial charge in [0.2, 0.25) is 0 Å². The van der Waals surface area contributed by atoms with E-state index in [2.05, 4.69) is 19.2 Å². The average molecular weight is 266 g/mol. The zero-order valence-corrected chi connectivity index (χ0v) is 11.8. The number of carbonyl (C=O) groups excluding carboxylic acids is 1. The van der Waals surface area contributed by atoms with Crippen LogP contribution in [0.1, 0.15) is 49.0 Å². The van der Waals surface area contributed by atoms with Crippen molar-refractivity contribution < 1.29 is 4.79 Å². The Morgan fingerprint density at radius 3 is 2.89 bits per heavy atom. The van der Waals surface area contributed by atoms with Crippen LogP contribution in [0.25, 0.3) is 0 Å². The van der Waals surface area contributed by atoms with Crippen molar-refractivity contribution in [3.05, 3.63) is 35.4 Å². The number of hydrogen-bond acceptors (Lipinski definition) is 1. The van der Waals surface area contributed by atoms with E-state index < -0.39 is 0 Å². The Hall–Kier alpha value is -1.02. The van der Waals surface area contributed by atoms with Gasteiger partial charge in [-0.25, -0.2) is 0 Å². The van der Waals surface area contributed by atoms with Crippen molar-refractivity contribution in [3.63, 3.8) is 0 Å². The van der Waals surface area contributed by atoms with Crippen LogP contribution in [0.15, 0.2) is 24.3 Å². The Bertz CT molecular complexity index is 442. The van der Waals surface area contributed by atoms with E-state index in [1.165, 1.54) is 12.8 Å². The second-order valence-electron chi connectivity index (χ2n) is 5.74. The molecular formula is C15H20ClNO. The molecule has 1 aliphatic carbocycles. The van der Waals surface area contributed by atoms with Gasteiger partial charge in [0, 0.05) is 17.5 Å². The van der Waals surface area contributed by atoms with Gasteiger partial charge in [-0.2, -0.15) is 0 Å². The summed E-state index contributed by atoms with van der Waals surface area (Å²) in [7, 11) is 0. The lowest BCUT2D eigenvalue weighted by atomic mass is 9.87. The molecule has 0 saturated heterocycles. The molecule has 0 radical (unpaired) electrons. The van der Waals surface area contributed by atoms with Crippen molar-refractivity contribution in [2.24, 2.45) is 5.41 Å². The molecule has 0 aliphatic heterocycles. The zero-order valence-electron chi connectivity index (χ0n) is 11.0. The maximum absolute atomic E-state index is 12.2.